The summed E-state index contributed by atoms with van der Waals surface area (Å²) in [7, 11) is 0. The topological polar surface area (TPSA) is 61.8 Å². The lowest BCUT2D eigenvalue weighted by Crippen LogP contribution is -2.39. The molecule has 0 spiro atoms. The summed E-state index contributed by atoms with van der Waals surface area (Å²) in [6.07, 6.45) is 3.47. The first-order chi connectivity index (χ1) is 11.4. The fraction of sp³-hybridized carbons (Fsp3) is 0.526. The lowest BCUT2D eigenvalue weighted by Gasteiger charge is -2.19. The molecule has 2 rings (SSSR count). The molecule has 130 valence electrons. The van der Waals surface area contributed by atoms with Crippen molar-refractivity contribution in [2.45, 2.75) is 53.4 Å². The number of nitrogens with one attached hydrogen (secondary N) is 1. The van der Waals surface area contributed by atoms with Crippen molar-refractivity contribution in [2.75, 3.05) is 13.1 Å². The molecule has 5 nitrogen and oxygen atoms in total. The Bertz CT molecular complexity index is 665. The molecule has 2 amide bonds. The van der Waals surface area contributed by atoms with Gasteiger partial charge in [-0.15, -0.1) is 0 Å². The Labute approximate surface area is 144 Å². The molecule has 0 aromatic heterocycles. The van der Waals surface area contributed by atoms with E-state index in [9.17, 15) is 9.59 Å². The highest BCUT2D eigenvalue weighted by Gasteiger charge is 2.19. The summed E-state index contributed by atoms with van der Waals surface area (Å²) < 4.78 is 0. The van der Waals surface area contributed by atoms with Crippen molar-refractivity contribution in [3.05, 3.63) is 34.4 Å². The summed E-state index contributed by atoms with van der Waals surface area (Å²) in [5.74, 6) is -0.181. The average Bonchev–Trinajstić information content (AvgIpc) is 2.73. The number of nitrogens with zero attached hydrogens (tertiary/aromatic N) is 2. The summed E-state index contributed by atoms with van der Waals surface area (Å²) >= 11 is 0. The zero-order chi connectivity index (χ0) is 17.7. The van der Waals surface area contributed by atoms with Gasteiger partial charge in [0.25, 0.3) is 5.91 Å². The monoisotopic (exact) mass is 329 g/mol. The predicted molar refractivity (Wildman–Crippen MR) is 96.1 cm³/mol. The van der Waals surface area contributed by atoms with Crippen LogP contribution in [0.2, 0.25) is 0 Å². The number of hydrogen-bond acceptors (Lipinski definition) is 3. The van der Waals surface area contributed by atoms with Crippen LogP contribution in [0.1, 0.15) is 54.9 Å². The molecule has 1 heterocycles. The molecule has 1 N–H and O–H groups in total. The van der Waals surface area contributed by atoms with Gasteiger partial charge in [0.1, 0.15) is 6.54 Å². The second-order valence-corrected chi connectivity index (χ2v) is 6.61. The van der Waals surface area contributed by atoms with Gasteiger partial charge >= 0.3 is 0 Å². The van der Waals surface area contributed by atoms with E-state index in [4.69, 9.17) is 0 Å². The zero-order valence-corrected chi connectivity index (χ0v) is 15.1. The van der Waals surface area contributed by atoms with E-state index in [2.05, 4.69) is 36.5 Å². The van der Waals surface area contributed by atoms with Crippen molar-refractivity contribution < 1.29 is 9.59 Å². The molecule has 1 aromatic carbocycles. The number of carbonyl (C=O) groups is 2. The van der Waals surface area contributed by atoms with Gasteiger partial charge in [-0.05, 0) is 63.3 Å². The van der Waals surface area contributed by atoms with Gasteiger partial charge in [0, 0.05) is 18.5 Å². The number of hydrazone groups is 1. The molecule has 1 aliphatic rings. The normalized spacial score (nSPS) is 16.1. The van der Waals surface area contributed by atoms with Crippen LogP contribution in [0.4, 0.5) is 0 Å². The van der Waals surface area contributed by atoms with Crippen LogP contribution in [-0.2, 0) is 9.59 Å². The second kappa shape index (κ2) is 8.08. The van der Waals surface area contributed by atoms with E-state index in [0.717, 1.165) is 36.1 Å². The maximum atomic E-state index is 12.1. The van der Waals surface area contributed by atoms with Gasteiger partial charge in [-0.2, -0.15) is 5.10 Å². The van der Waals surface area contributed by atoms with E-state index in [1.54, 1.807) is 4.90 Å². The van der Waals surface area contributed by atoms with E-state index < -0.39 is 0 Å². The highest BCUT2D eigenvalue weighted by molar-refractivity contribution is 6.00. The Hall–Kier alpha value is -2.17. The second-order valence-electron chi connectivity index (χ2n) is 6.61. The van der Waals surface area contributed by atoms with Crippen molar-refractivity contribution in [2.24, 2.45) is 5.10 Å². The fourth-order valence-electron chi connectivity index (χ4n) is 2.97. The van der Waals surface area contributed by atoms with Gasteiger partial charge in [0.15, 0.2) is 0 Å². The molecule has 5 heteroatoms. The first kappa shape index (κ1) is 18.2. The molecular weight excluding hydrogens is 302 g/mol. The quantitative estimate of drug-likeness (QED) is 0.682. The Morgan fingerprint density at radius 2 is 1.83 bits per heavy atom. The van der Waals surface area contributed by atoms with E-state index in [0.29, 0.717) is 13.0 Å². The third-order valence-corrected chi connectivity index (χ3v) is 4.58. The Kier molecular flexibility index (Phi) is 6.12. The minimum atomic E-state index is -0.244. The molecule has 1 fully saturated rings. The van der Waals surface area contributed by atoms with Crippen molar-refractivity contribution in [3.8, 4) is 0 Å². The zero-order valence-electron chi connectivity index (χ0n) is 15.1. The molecule has 0 unspecified atom stereocenters. The van der Waals surface area contributed by atoms with Crippen LogP contribution in [-0.4, -0.2) is 35.5 Å². The Morgan fingerprint density at radius 3 is 2.58 bits per heavy atom. The summed E-state index contributed by atoms with van der Waals surface area (Å²) in [6, 6.07) is 4.22. The van der Waals surface area contributed by atoms with E-state index in [-0.39, 0.29) is 18.4 Å². The van der Waals surface area contributed by atoms with Gasteiger partial charge in [-0.3, -0.25) is 9.59 Å². The molecule has 0 bridgehead atoms. The van der Waals surface area contributed by atoms with Gasteiger partial charge in [0.05, 0.1) is 5.71 Å². The van der Waals surface area contributed by atoms with Crippen molar-refractivity contribution in [1.82, 2.24) is 10.3 Å². The maximum absolute atomic E-state index is 12.1. The third kappa shape index (κ3) is 4.66. The Balaban J connectivity index is 2.00. The van der Waals surface area contributed by atoms with E-state index >= 15 is 0 Å². The molecule has 24 heavy (non-hydrogen) atoms. The summed E-state index contributed by atoms with van der Waals surface area (Å²) in [5, 5.41) is 4.22. The summed E-state index contributed by atoms with van der Waals surface area (Å²) in [4.78, 5) is 25.7. The third-order valence-electron chi connectivity index (χ3n) is 4.58. The number of carbonyl (C=O) groups excluding carboxylic acids is 2. The standard InChI is InChI=1S/C19H27N3O2/c1-13-10-15(3)17(11-14(13)2)16(4)20-21-18(23)12-22-9-7-5-6-8-19(22)24/h10-11H,5-9,12H2,1-4H3,(H,21,23)/b20-16-. The predicted octanol–water partition coefficient (Wildman–Crippen LogP) is 2.85. The van der Waals surface area contributed by atoms with Crippen LogP contribution < -0.4 is 5.43 Å². The minimum absolute atomic E-state index is 0.0633. The van der Waals surface area contributed by atoms with Crippen molar-refractivity contribution in [1.29, 1.82) is 0 Å². The van der Waals surface area contributed by atoms with Crippen LogP contribution >= 0.6 is 0 Å². The van der Waals surface area contributed by atoms with Gasteiger partial charge in [-0.25, -0.2) is 5.43 Å². The van der Waals surface area contributed by atoms with Crippen LogP contribution in [0.25, 0.3) is 0 Å². The molecule has 1 saturated heterocycles. The fourth-order valence-corrected chi connectivity index (χ4v) is 2.97. The molecule has 0 radical (unpaired) electrons. The number of aryl methyl sites for hydroxylation is 3. The van der Waals surface area contributed by atoms with Crippen LogP contribution in [0, 0.1) is 20.8 Å². The summed E-state index contributed by atoms with van der Waals surface area (Å²) in [5.41, 5.74) is 7.97. The highest BCUT2D eigenvalue weighted by atomic mass is 16.2. The molecule has 0 aliphatic carbocycles. The van der Waals surface area contributed by atoms with Gasteiger partial charge in [-0.1, -0.05) is 12.5 Å². The number of amides is 2. The number of benzene rings is 1. The lowest BCUT2D eigenvalue weighted by atomic mass is 9.98. The van der Waals surface area contributed by atoms with Gasteiger partial charge < -0.3 is 4.90 Å². The maximum Gasteiger partial charge on any atom is 0.259 e. The smallest absolute Gasteiger partial charge is 0.259 e. The average molecular weight is 329 g/mol. The molecule has 0 atom stereocenters. The van der Waals surface area contributed by atoms with Crippen LogP contribution in [0.3, 0.4) is 0 Å². The molecular formula is C19H27N3O2. The largest absolute Gasteiger partial charge is 0.333 e. The lowest BCUT2D eigenvalue weighted by molar-refractivity contribution is -0.135. The number of rotatable bonds is 4. The first-order valence-electron chi connectivity index (χ1n) is 8.57. The van der Waals surface area contributed by atoms with Crippen molar-refractivity contribution >= 4 is 17.5 Å². The highest BCUT2D eigenvalue weighted by Crippen LogP contribution is 2.16. The number of likely N-dealkylation sites (tertiary alicyclic amines) is 1. The van der Waals surface area contributed by atoms with Gasteiger partial charge in [0.2, 0.25) is 5.91 Å². The SMILES string of the molecule is C/C(=N/NC(=O)CN1CCCCCC1=O)c1cc(C)c(C)cc1C. The summed E-state index contributed by atoms with van der Waals surface area (Å²) in [6.45, 7) is 8.81. The van der Waals surface area contributed by atoms with Crippen LogP contribution in [0.15, 0.2) is 17.2 Å². The van der Waals surface area contributed by atoms with E-state index in [1.807, 2.05) is 13.8 Å². The number of hydrogen-bond donors (Lipinski definition) is 1. The van der Waals surface area contributed by atoms with E-state index in [1.165, 1.54) is 11.1 Å². The minimum Gasteiger partial charge on any atom is -0.333 e. The molecule has 1 aromatic rings. The Morgan fingerprint density at radius 1 is 1.12 bits per heavy atom. The molecule has 1 aliphatic heterocycles. The molecule has 0 saturated carbocycles. The van der Waals surface area contributed by atoms with Crippen molar-refractivity contribution in [3.63, 3.8) is 0 Å². The van der Waals surface area contributed by atoms with Crippen LogP contribution in [0.5, 0.6) is 0 Å². The first-order valence-corrected chi connectivity index (χ1v) is 8.57.